The normalized spacial score (nSPS) is 15.5. The molecule has 1 aliphatic heterocycles. The second-order valence-corrected chi connectivity index (χ2v) is 6.42. The van der Waals surface area contributed by atoms with E-state index >= 15 is 0 Å². The van der Waals surface area contributed by atoms with Gasteiger partial charge >= 0.3 is 0 Å². The number of amides is 2. The zero-order valence-electron chi connectivity index (χ0n) is 14.9. The molecule has 1 aliphatic rings. The van der Waals surface area contributed by atoms with Gasteiger partial charge in [-0.1, -0.05) is 60.7 Å². The lowest BCUT2D eigenvalue weighted by atomic mass is 9.90. The number of morpholine rings is 1. The Bertz CT molecular complexity index is 688. The molecule has 5 heteroatoms. The van der Waals surface area contributed by atoms with Crippen molar-refractivity contribution >= 4 is 11.8 Å². The first-order chi connectivity index (χ1) is 12.7. The maximum Gasteiger partial charge on any atom is 0.245 e. The fraction of sp³-hybridized carbons (Fsp3) is 0.333. The molecule has 0 bridgehead atoms. The van der Waals surface area contributed by atoms with Crippen LogP contribution < -0.4 is 5.32 Å². The Morgan fingerprint density at radius 2 is 1.42 bits per heavy atom. The number of ether oxygens (including phenoxy) is 1. The first-order valence-electron chi connectivity index (χ1n) is 8.93. The van der Waals surface area contributed by atoms with Crippen LogP contribution in [0.2, 0.25) is 0 Å². The van der Waals surface area contributed by atoms with E-state index in [4.69, 9.17) is 4.74 Å². The first-order valence-corrected chi connectivity index (χ1v) is 8.93. The van der Waals surface area contributed by atoms with Crippen LogP contribution in [0, 0.1) is 0 Å². The number of carbonyl (C=O) groups excluding carboxylic acids is 2. The smallest absolute Gasteiger partial charge is 0.245 e. The summed E-state index contributed by atoms with van der Waals surface area (Å²) in [7, 11) is 0. The molecule has 0 spiro atoms. The number of benzene rings is 2. The number of hydrogen-bond donors (Lipinski definition) is 1. The summed E-state index contributed by atoms with van der Waals surface area (Å²) in [5.74, 6) is -0.685. The molecule has 1 atom stereocenters. The maximum atomic E-state index is 13.0. The van der Waals surface area contributed by atoms with Crippen molar-refractivity contribution in [2.45, 2.75) is 18.9 Å². The second kappa shape index (κ2) is 8.63. The van der Waals surface area contributed by atoms with Crippen LogP contribution >= 0.6 is 0 Å². The van der Waals surface area contributed by atoms with Crippen molar-refractivity contribution in [2.75, 3.05) is 26.3 Å². The first kappa shape index (κ1) is 18.1. The number of nitrogens with zero attached hydrogens (tertiary/aromatic N) is 1. The van der Waals surface area contributed by atoms with Crippen molar-refractivity contribution in [3.63, 3.8) is 0 Å². The number of carbonyl (C=O) groups is 2. The highest BCUT2D eigenvalue weighted by Gasteiger charge is 2.28. The van der Waals surface area contributed by atoms with E-state index in [0.29, 0.717) is 26.3 Å². The molecular weight excluding hydrogens is 328 g/mol. The highest BCUT2D eigenvalue weighted by molar-refractivity contribution is 5.92. The Balaban J connectivity index is 1.76. The van der Waals surface area contributed by atoms with E-state index in [0.717, 1.165) is 11.1 Å². The van der Waals surface area contributed by atoms with E-state index < -0.39 is 12.0 Å². The van der Waals surface area contributed by atoms with E-state index in [1.807, 2.05) is 60.7 Å². The average Bonchev–Trinajstić information content (AvgIpc) is 2.70. The third kappa shape index (κ3) is 4.29. The van der Waals surface area contributed by atoms with E-state index in [9.17, 15) is 9.59 Å². The summed E-state index contributed by atoms with van der Waals surface area (Å²) in [6.07, 6.45) is 0. The van der Waals surface area contributed by atoms with E-state index in [1.54, 1.807) is 11.8 Å². The van der Waals surface area contributed by atoms with Gasteiger partial charge in [0, 0.05) is 13.1 Å². The molecule has 1 heterocycles. The summed E-state index contributed by atoms with van der Waals surface area (Å²) in [5, 5.41) is 2.90. The zero-order valence-corrected chi connectivity index (χ0v) is 14.9. The minimum atomic E-state index is -0.574. The molecule has 0 unspecified atom stereocenters. The third-order valence-corrected chi connectivity index (χ3v) is 4.58. The fourth-order valence-electron chi connectivity index (χ4n) is 3.20. The summed E-state index contributed by atoms with van der Waals surface area (Å²) in [6.45, 7) is 3.97. The van der Waals surface area contributed by atoms with Gasteiger partial charge in [0.05, 0.1) is 19.1 Å². The lowest BCUT2D eigenvalue weighted by Gasteiger charge is -2.30. The molecule has 136 valence electrons. The minimum Gasteiger partial charge on any atom is -0.378 e. The number of nitrogens with one attached hydrogen (secondary N) is 1. The Kier molecular flexibility index (Phi) is 6.02. The lowest BCUT2D eigenvalue weighted by Crippen LogP contribution is -2.51. The standard InChI is InChI=1S/C21H24N2O3/c1-16(21(25)23-12-14-26-15-13-23)22-20(24)19(17-8-4-2-5-9-17)18-10-6-3-7-11-18/h2-11,16,19H,12-15H2,1H3,(H,22,24)/t16-/m1/s1. The van der Waals surface area contributed by atoms with Crippen LogP contribution in [-0.4, -0.2) is 49.1 Å². The molecule has 26 heavy (non-hydrogen) atoms. The predicted molar refractivity (Wildman–Crippen MR) is 99.7 cm³/mol. The molecule has 1 N–H and O–H groups in total. The molecule has 2 aromatic rings. The van der Waals surface area contributed by atoms with Crippen molar-refractivity contribution in [1.82, 2.24) is 10.2 Å². The van der Waals surface area contributed by atoms with Crippen LogP contribution in [0.5, 0.6) is 0 Å². The molecule has 0 saturated carbocycles. The van der Waals surface area contributed by atoms with Gasteiger partial charge in [0.15, 0.2) is 0 Å². The van der Waals surface area contributed by atoms with Crippen LogP contribution in [0.1, 0.15) is 24.0 Å². The number of rotatable bonds is 5. The fourth-order valence-corrected chi connectivity index (χ4v) is 3.20. The Morgan fingerprint density at radius 3 is 1.92 bits per heavy atom. The van der Waals surface area contributed by atoms with Gasteiger partial charge in [0.25, 0.3) is 0 Å². The van der Waals surface area contributed by atoms with Gasteiger partial charge in [-0.05, 0) is 18.1 Å². The summed E-state index contributed by atoms with van der Waals surface area (Å²) in [4.78, 5) is 27.4. The molecule has 2 aromatic carbocycles. The molecule has 1 fully saturated rings. The van der Waals surface area contributed by atoms with Crippen LogP contribution in [0.3, 0.4) is 0 Å². The summed E-state index contributed by atoms with van der Waals surface area (Å²) < 4.78 is 5.28. The summed E-state index contributed by atoms with van der Waals surface area (Å²) >= 11 is 0. The van der Waals surface area contributed by atoms with Gasteiger partial charge in [-0.2, -0.15) is 0 Å². The Morgan fingerprint density at radius 1 is 0.923 bits per heavy atom. The van der Waals surface area contributed by atoms with Crippen LogP contribution in [0.4, 0.5) is 0 Å². The van der Waals surface area contributed by atoms with E-state index in [1.165, 1.54) is 0 Å². The maximum absolute atomic E-state index is 13.0. The SMILES string of the molecule is C[C@@H](NC(=O)C(c1ccccc1)c1ccccc1)C(=O)N1CCOCC1. The topological polar surface area (TPSA) is 58.6 Å². The highest BCUT2D eigenvalue weighted by Crippen LogP contribution is 2.25. The van der Waals surface area contributed by atoms with Crippen molar-refractivity contribution in [2.24, 2.45) is 0 Å². The molecule has 3 rings (SSSR count). The molecule has 1 saturated heterocycles. The molecule has 0 aromatic heterocycles. The van der Waals surface area contributed by atoms with E-state index in [2.05, 4.69) is 5.32 Å². The van der Waals surface area contributed by atoms with Crippen molar-refractivity contribution in [3.8, 4) is 0 Å². The zero-order chi connectivity index (χ0) is 18.4. The largest absolute Gasteiger partial charge is 0.378 e. The van der Waals surface area contributed by atoms with Crippen molar-refractivity contribution in [3.05, 3.63) is 71.8 Å². The van der Waals surface area contributed by atoms with Gasteiger partial charge in [-0.25, -0.2) is 0 Å². The van der Waals surface area contributed by atoms with E-state index in [-0.39, 0.29) is 11.8 Å². The average molecular weight is 352 g/mol. The predicted octanol–water partition coefficient (Wildman–Crippen LogP) is 2.18. The summed E-state index contributed by atoms with van der Waals surface area (Å²) in [6, 6.07) is 18.7. The highest BCUT2D eigenvalue weighted by atomic mass is 16.5. The third-order valence-electron chi connectivity index (χ3n) is 4.58. The van der Waals surface area contributed by atoms with Gasteiger partial charge in [0.1, 0.15) is 6.04 Å². The van der Waals surface area contributed by atoms with Crippen LogP contribution in [0.15, 0.2) is 60.7 Å². The molecule has 5 nitrogen and oxygen atoms in total. The molecule has 2 amide bonds. The van der Waals surface area contributed by atoms with Crippen LogP contribution in [-0.2, 0) is 14.3 Å². The number of hydrogen-bond acceptors (Lipinski definition) is 3. The minimum absolute atomic E-state index is 0.0680. The monoisotopic (exact) mass is 352 g/mol. The molecule has 0 radical (unpaired) electrons. The van der Waals surface area contributed by atoms with Gasteiger partial charge in [-0.15, -0.1) is 0 Å². The Labute approximate surface area is 154 Å². The molecular formula is C21H24N2O3. The van der Waals surface area contributed by atoms with Crippen LogP contribution in [0.25, 0.3) is 0 Å². The van der Waals surface area contributed by atoms with Gasteiger partial charge in [-0.3, -0.25) is 9.59 Å². The van der Waals surface area contributed by atoms with Crippen molar-refractivity contribution in [1.29, 1.82) is 0 Å². The van der Waals surface area contributed by atoms with Gasteiger partial charge < -0.3 is 15.0 Å². The van der Waals surface area contributed by atoms with Gasteiger partial charge in [0.2, 0.25) is 11.8 Å². The summed E-state index contributed by atoms with van der Waals surface area (Å²) in [5.41, 5.74) is 1.81. The second-order valence-electron chi connectivity index (χ2n) is 6.42. The lowest BCUT2D eigenvalue weighted by molar-refractivity contribution is -0.139. The Hall–Kier alpha value is -2.66. The van der Waals surface area contributed by atoms with Crippen molar-refractivity contribution < 1.29 is 14.3 Å². The molecule has 0 aliphatic carbocycles. The quantitative estimate of drug-likeness (QED) is 0.897.